The van der Waals surface area contributed by atoms with Crippen LogP contribution in [0.4, 0.5) is 5.69 Å². The molecular weight excluding hydrogens is 218 g/mol. The first-order valence-electron chi connectivity index (χ1n) is 6.62. The van der Waals surface area contributed by atoms with E-state index in [0.717, 1.165) is 12.8 Å². The van der Waals surface area contributed by atoms with Crippen LogP contribution in [0, 0.1) is 13.8 Å². The van der Waals surface area contributed by atoms with Gasteiger partial charge in [-0.15, -0.1) is 0 Å². The zero-order valence-corrected chi connectivity index (χ0v) is 11.0. The molecule has 92 valence electrons. The predicted octanol–water partition coefficient (Wildman–Crippen LogP) is 3.88. The molecule has 0 bridgehead atoms. The van der Waals surface area contributed by atoms with Crippen LogP contribution in [0.15, 0.2) is 42.5 Å². The molecule has 1 aliphatic rings. The van der Waals surface area contributed by atoms with E-state index in [9.17, 15) is 0 Å². The number of nitrogens with one attached hydrogen (secondary N) is 1. The molecule has 0 saturated carbocycles. The fraction of sp³-hybridized carbons (Fsp3) is 0.294. The van der Waals surface area contributed by atoms with E-state index in [1.165, 1.54) is 27.9 Å². The van der Waals surface area contributed by atoms with Gasteiger partial charge in [-0.3, -0.25) is 0 Å². The Labute approximate surface area is 109 Å². The van der Waals surface area contributed by atoms with E-state index in [4.69, 9.17) is 0 Å². The summed E-state index contributed by atoms with van der Waals surface area (Å²) in [6.07, 6.45) is 2.25. The van der Waals surface area contributed by atoms with E-state index in [0.29, 0.717) is 6.04 Å². The fourth-order valence-electron chi connectivity index (χ4n) is 2.97. The van der Waals surface area contributed by atoms with E-state index in [1.807, 2.05) is 0 Å². The maximum Gasteiger partial charge on any atom is 0.0375 e. The minimum Gasteiger partial charge on any atom is -0.381 e. The molecule has 0 radical (unpaired) electrons. The lowest BCUT2D eigenvalue weighted by molar-refractivity contribution is 0.745. The molecule has 1 nitrogen and oxygen atoms in total. The van der Waals surface area contributed by atoms with Crippen LogP contribution in [-0.2, 0) is 12.8 Å². The van der Waals surface area contributed by atoms with Crippen molar-refractivity contribution in [3.63, 3.8) is 0 Å². The van der Waals surface area contributed by atoms with Crippen molar-refractivity contribution in [1.29, 1.82) is 0 Å². The van der Waals surface area contributed by atoms with Gasteiger partial charge in [0, 0.05) is 11.7 Å². The predicted molar refractivity (Wildman–Crippen MR) is 77.2 cm³/mol. The Morgan fingerprint density at radius 2 is 1.78 bits per heavy atom. The lowest BCUT2D eigenvalue weighted by Crippen LogP contribution is -2.18. The van der Waals surface area contributed by atoms with Gasteiger partial charge in [-0.2, -0.15) is 0 Å². The van der Waals surface area contributed by atoms with Crippen LogP contribution >= 0.6 is 0 Å². The van der Waals surface area contributed by atoms with Crippen LogP contribution in [0.2, 0.25) is 0 Å². The molecule has 2 aromatic carbocycles. The van der Waals surface area contributed by atoms with Gasteiger partial charge in [0.15, 0.2) is 0 Å². The molecule has 0 amide bonds. The highest BCUT2D eigenvalue weighted by Crippen LogP contribution is 2.27. The summed E-state index contributed by atoms with van der Waals surface area (Å²) in [5.41, 5.74) is 6.93. The molecule has 1 heterocycles. The molecule has 2 aromatic rings. The van der Waals surface area contributed by atoms with Crippen molar-refractivity contribution in [2.45, 2.75) is 32.7 Å². The molecular formula is C17H19N. The number of aryl methyl sites for hydroxylation is 2. The highest BCUT2D eigenvalue weighted by molar-refractivity contribution is 5.56. The molecule has 1 atom stereocenters. The second-order valence-electron chi connectivity index (χ2n) is 5.40. The van der Waals surface area contributed by atoms with Crippen molar-refractivity contribution in [2.75, 3.05) is 5.32 Å². The maximum atomic E-state index is 3.62. The first-order valence-corrected chi connectivity index (χ1v) is 6.62. The van der Waals surface area contributed by atoms with Gasteiger partial charge in [-0.25, -0.2) is 0 Å². The zero-order chi connectivity index (χ0) is 12.5. The van der Waals surface area contributed by atoms with Crippen molar-refractivity contribution in [2.24, 2.45) is 0 Å². The molecule has 1 aliphatic heterocycles. The Morgan fingerprint density at radius 3 is 2.50 bits per heavy atom. The van der Waals surface area contributed by atoms with Crippen molar-refractivity contribution in [3.05, 3.63) is 64.7 Å². The maximum absolute atomic E-state index is 3.62. The normalized spacial score (nSPS) is 17.3. The van der Waals surface area contributed by atoms with Gasteiger partial charge in [-0.05, 0) is 43.9 Å². The van der Waals surface area contributed by atoms with Gasteiger partial charge in [0.05, 0.1) is 0 Å². The summed E-state index contributed by atoms with van der Waals surface area (Å²) < 4.78 is 0. The Kier molecular flexibility index (Phi) is 2.83. The van der Waals surface area contributed by atoms with Crippen LogP contribution < -0.4 is 5.32 Å². The monoisotopic (exact) mass is 237 g/mol. The number of para-hydroxylation sites is 1. The third kappa shape index (κ3) is 2.26. The van der Waals surface area contributed by atoms with Gasteiger partial charge in [0.25, 0.3) is 0 Å². The van der Waals surface area contributed by atoms with Gasteiger partial charge < -0.3 is 5.32 Å². The first kappa shape index (κ1) is 11.3. The van der Waals surface area contributed by atoms with Crippen LogP contribution in [0.3, 0.4) is 0 Å². The zero-order valence-electron chi connectivity index (χ0n) is 11.0. The summed E-state index contributed by atoms with van der Waals surface area (Å²) >= 11 is 0. The van der Waals surface area contributed by atoms with E-state index in [2.05, 4.69) is 61.6 Å². The fourth-order valence-corrected chi connectivity index (χ4v) is 2.97. The SMILES string of the molecule is Cc1cc(C)cc(CC2Cc3ccccc3N2)c1. The number of anilines is 1. The largest absolute Gasteiger partial charge is 0.381 e. The van der Waals surface area contributed by atoms with Crippen LogP contribution in [0.25, 0.3) is 0 Å². The quantitative estimate of drug-likeness (QED) is 0.835. The molecule has 0 aliphatic carbocycles. The highest BCUT2D eigenvalue weighted by Gasteiger charge is 2.19. The van der Waals surface area contributed by atoms with Gasteiger partial charge in [-0.1, -0.05) is 47.5 Å². The van der Waals surface area contributed by atoms with E-state index in [1.54, 1.807) is 0 Å². The smallest absolute Gasteiger partial charge is 0.0375 e. The molecule has 1 heteroatoms. The second-order valence-corrected chi connectivity index (χ2v) is 5.40. The third-order valence-electron chi connectivity index (χ3n) is 3.61. The molecule has 0 fully saturated rings. The minimum absolute atomic E-state index is 0.545. The molecule has 0 saturated heterocycles. The number of hydrogen-bond donors (Lipinski definition) is 1. The Balaban J connectivity index is 1.76. The number of hydrogen-bond acceptors (Lipinski definition) is 1. The lowest BCUT2D eigenvalue weighted by atomic mass is 9.99. The summed E-state index contributed by atoms with van der Waals surface area (Å²) in [6.45, 7) is 4.35. The Hall–Kier alpha value is -1.76. The highest BCUT2D eigenvalue weighted by atomic mass is 14.9. The number of rotatable bonds is 2. The van der Waals surface area contributed by atoms with Crippen molar-refractivity contribution in [3.8, 4) is 0 Å². The Morgan fingerprint density at radius 1 is 1.06 bits per heavy atom. The van der Waals surface area contributed by atoms with Crippen molar-refractivity contribution in [1.82, 2.24) is 0 Å². The van der Waals surface area contributed by atoms with Gasteiger partial charge in [0.1, 0.15) is 0 Å². The Bertz CT molecular complexity index is 526. The summed E-state index contributed by atoms with van der Waals surface area (Å²) in [6, 6.07) is 16.0. The number of fused-ring (bicyclic) bond motifs is 1. The first-order chi connectivity index (χ1) is 8.70. The molecule has 3 rings (SSSR count). The average molecular weight is 237 g/mol. The minimum atomic E-state index is 0.545. The summed E-state index contributed by atoms with van der Waals surface area (Å²) in [5, 5.41) is 3.62. The lowest BCUT2D eigenvalue weighted by Gasteiger charge is -2.12. The summed E-state index contributed by atoms with van der Waals surface area (Å²) in [7, 11) is 0. The summed E-state index contributed by atoms with van der Waals surface area (Å²) in [5.74, 6) is 0. The van der Waals surface area contributed by atoms with Crippen molar-refractivity contribution < 1.29 is 0 Å². The number of benzene rings is 2. The van der Waals surface area contributed by atoms with E-state index >= 15 is 0 Å². The standard InChI is InChI=1S/C17H19N/c1-12-7-13(2)9-14(8-12)10-16-11-15-5-3-4-6-17(15)18-16/h3-9,16,18H,10-11H2,1-2H3. The molecule has 0 spiro atoms. The third-order valence-corrected chi connectivity index (χ3v) is 3.61. The molecule has 18 heavy (non-hydrogen) atoms. The van der Waals surface area contributed by atoms with Gasteiger partial charge in [0.2, 0.25) is 0 Å². The van der Waals surface area contributed by atoms with E-state index in [-0.39, 0.29) is 0 Å². The molecule has 1 unspecified atom stereocenters. The molecule has 1 N–H and O–H groups in total. The summed E-state index contributed by atoms with van der Waals surface area (Å²) in [4.78, 5) is 0. The van der Waals surface area contributed by atoms with Crippen LogP contribution in [0.1, 0.15) is 22.3 Å². The average Bonchev–Trinajstić information content (AvgIpc) is 2.69. The van der Waals surface area contributed by atoms with Crippen LogP contribution in [-0.4, -0.2) is 6.04 Å². The second kappa shape index (κ2) is 4.49. The van der Waals surface area contributed by atoms with Crippen molar-refractivity contribution >= 4 is 5.69 Å². The van der Waals surface area contributed by atoms with Gasteiger partial charge >= 0.3 is 0 Å². The molecule has 0 aromatic heterocycles. The topological polar surface area (TPSA) is 12.0 Å². The van der Waals surface area contributed by atoms with E-state index < -0.39 is 0 Å². The van der Waals surface area contributed by atoms with Crippen LogP contribution in [0.5, 0.6) is 0 Å².